The monoisotopic (exact) mass is 291 g/mol. The van der Waals surface area contributed by atoms with Crippen LogP contribution in [0.4, 0.5) is 5.69 Å². The highest BCUT2D eigenvalue weighted by atomic mass is 35.5. The Morgan fingerprint density at radius 3 is 2.74 bits per heavy atom. The lowest BCUT2D eigenvalue weighted by Crippen LogP contribution is -2.22. The van der Waals surface area contributed by atoms with Crippen LogP contribution in [0.15, 0.2) is 42.6 Å². The van der Waals surface area contributed by atoms with Crippen molar-refractivity contribution in [3.63, 3.8) is 0 Å². The summed E-state index contributed by atoms with van der Waals surface area (Å²) >= 11 is 11.2. The van der Waals surface area contributed by atoms with E-state index in [0.29, 0.717) is 22.1 Å². The van der Waals surface area contributed by atoms with Crippen molar-refractivity contribution in [2.75, 3.05) is 11.9 Å². The summed E-state index contributed by atoms with van der Waals surface area (Å²) in [6.07, 6.45) is 1.77. The summed E-state index contributed by atoms with van der Waals surface area (Å²) in [6, 6.07) is 11.4. The van der Waals surface area contributed by atoms with Gasteiger partial charge in [-0.1, -0.05) is 36.0 Å². The van der Waals surface area contributed by atoms with Crippen molar-refractivity contribution in [3.8, 4) is 0 Å². The van der Waals surface area contributed by atoms with Gasteiger partial charge in [0.1, 0.15) is 4.99 Å². The molecule has 98 valence electrons. The number of pyridine rings is 1. The molecule has 0 saturated heterocycles. The number of nitrogens with zero attached hydrogens (tertiary/aromatic N) is 2. The smallest absolute Gasteiger partial charge is 0.107 e. The lowest BCUT2D eigenvalue weighted by molar-refractivity contribution is 0.884. The minimum absolute atomic E-state index is 0.300. The molecule has 2 rings (SSSR count). The molecule has 0 fully saturated rings. The molecule has 0 radical (unpaired) electrons. The maximum Gasteiger partial charge on any atom is 0.107 e. The third-order valence-corrected chi connectivity index (χ3v) is 3.29. The van der Waals surface area contributed by atoms with Gasteiger partial charge in [-0.2, -0.15) is 0 Å². The Balaban J connectivity index is 2.31. The van der Waals surface area contributed by atoms with Crippen LogP contribution < -0.4 is 10.6 Å². The predicted molar refractivity (Wildman–Crippen MR) is 83.7 cm³/mol. The van der Waals surface area contributed by atoms with E-state index in [4.69, 9.17) is 29.6 Å². The van der Waals surface area contributed by atoms with E-state index in [2.05, 4.69) is 4.98 Å². The Morgan fingerprint density at radius 2 is 2.11 bits per heavy atom. The Morgan fingerprint density at radius 1 is 1.32 bits per heavy atom. The number of hydrogen-bond donors (Lipinski definition) is 1. The highest BCUT2D eigenvalue weighted by Crippen LogP contribution is 2.27. The molecule has 0 amide bonds. The molecule has 0 aliphatic heterocycles. The van der Waals surface area contributed by atoms with Gasteiger partial charge in [0.05, 0.1) is 22.8 Å². The van der Waals surface area contributed by atoms with Gasteiger partial charge in [0.2, 0.25) is 0 Å². The van der Waals surface area contributed by atoms with E-state index in [0.717, 1.165) is 11.4 Å². The van der Waals surface area contributed by atoms with Gasteiger partial charge in [-0.25, -0.2) is 0 Å². The van der Waals surface area contributed by atoms with Crippen molar-refractivity contribution < 1.29 is 0 Å². The molecule has 1 aromatic carbocycles. The van der Waals surface area contributed by atoms with Crippen molar-refractivity contribution in [1.82, 2.24) is 4.98 Å². The number of hydrogen-bond acceptors (Lipinski definition) is 3. The second-order valence-electron chi connectivity index (χ2n) is 4.18. The average molecular weight is 292 g/mol. The van der Waals surface area contributed by atoms with Gasteiger partial charge in [0.15, 0.2) is 0 Å². The van der Waals surface area contributed by atoms with E-state index in [9.17, 15) is 0 Å². The molecule has 1 heterocycles. The molecule has 3 nitrogen and oxygen atoms in total. The topological polar surface area (TPSA) is 42.2 Å². The zero-order valence-electron chi connectivity index (χ0n) is 10.5. The molecule has 0 aliphatic carbocycles. The largest absolute Gasteiger partial charge is 0.389 e. The first kappa shape index (κ1) is 13.8. The molecule has 5 heteroatoms. The van der Waals surface area contributed by atoms with E-state index in [1.807, 2.05) is 42.3 Å². The number of halogens is 1. The summed E-state index contributed by atoms with van der Waals surface area (Å²) < 4.78 is 0. The van der Waals surface area contributed by atoms with E-state index in [-0.39, 0.29) is 0 Å². The maximum atomic E-state index is 6.16. The molecule has 1 aromatic heterocycles. The quantitative estimate of drug-likeness (QED) is 0.880. The van der Waals surface area contributed by atoms with Gasteiger partial charge in [0.25, 0.3) is 0 Å². The van der Waals surface area contributed by atoms with Crippen molar-refractivity contribution >= 4 is 34.5 Å². The fourth-order valence-corrected chi connectivity index (χ4v) is 2.44. The lowest BCUT2D eigenvalue weighted by Gasteiger charge is -2.22. The molecular weight excluding hydrogens is 278 g/mol. The first-order valence-electron chi connectivity index (χ1n) is 5.79. The van der Waals surface area contributed by atoms with Crippen LogP contribution in [0.3, 0.4) is 0 Å². The van der Waals surface area contributed by atoms with Crippen LogP contribution in [0, 0.1) is 0 Å². The normalized spacial score (nSPS) is 10.2. The van der Waals surface area contributed by atoms with Crippen molar-refractivity contribution in [3.05, 3.63) is 58.9 Å². The van der Waals surface area contributed by atoms with Crippen LogP contribution in [0.25, 0.3) is 0 Å². The van der Waals surface area contributed by atoms with Crippen LogP contribution in [0.2, 0.25) is 5.02 Å². The summed E-state index contributed by atoms with van der Waals surface area (Å²) in [4.78, 5) is 6.63. The number of benzene rings is 1. The Bertz CT molecular complexity index is 586. The van der Waals surface area contributed by atoms with Crippen LogP contribution in [-0.2, 0) is 6.54 Å². The van der Waals surface area contributed by atoms with Crippen molar-refractivity contribution in [2.24, 2.45) is 5.73 Å². The van der Waals surface area contributed by atoms with Crippen LogP contribution >= 0.6 is 23.8 Å². The van der Waals surface area contributed by atoms with E-state index in [1.54, 1.807) is 12.3 Å². The average Bonchev–Trinajstić information content (AvgIpc) is 2.39. The summed E-state index contributed by atoms with van der Waals surface area (Å²) in [5.74, 6) is 0. The van der Waals surface area contributed by atoms with E-state index < -0.39 is 0 Å². The predicted octanol–water partition coefficient (Wildman–Crippen LogP) is 3.01. The van der Waals surface area contributed by atoms with Gasteiger partial charge >= 0.3 is 0 Å². The summed E-state index contributed by atoms with van der Waals surface area (Å²) in [6.45, 7) is 0.663. The Kier molecular flexibility index (Phi) is 4.35. The molecule has 0 unspecified atom stereocenters. The SMILES string of the molecule is CN(Cc1ccccn1)c1cccc(Cl)c1C(N)=S. The number of thiocarbonyl (C=S) groups is 1. The minimum atomic E-state index is 0.300. The molecule has 2 aromatic rings. The van der Waals surface area contributed by atoms with E-state index >= 15 is 0 Å². The third kappa shape index (κ3) is 3.22. The zero-order valence-corrected chi connectivity index (χ0v) is 12.1. The van der Waals surface area contributed by atoms with Crippen LogP contribution in [0.5, 0.6) is 0 Å². The summed E-state index contributed by atoms with van der Waals surface area (Å²) in [5, 5.41) is 0.567. The number of rotatable bonds is 4. The third-order valence-electron chi connectivity index (χ3n) is 2.77. The standard InChI is InChI=1S/C14H14ClN3S/c1-18(9-10-5-2-3-8-17-10)12-7-4-6-11(15)13(12)14(16)19/h2-8H,9H2,1H3,(H2,16,19). The molecule has 0 atom stereocenters. The summed E-state index contributed by atoms with van der Waals surface area (Å²) in [5.41, 5.74) is 8.34. The van der Waals surface area contributed by atoms with Gasteiger partial charge in [0, 0.05) is 18.9 Å². The molecule has 0 spiro atoms. The van der Waals surface area contributed by atoms with Crippen LogP contribution in [-0.4, -0.2) is 17.0 Å². The first-order valence-corrected chi connectivity index (χ1v) is 6.57. The number of anilines is 1. The first-order chi connectivity index (χ1) is 9.09. The second-order valence-corrected chi connectivity index (χ2v) is 5.02. The highest BCUT2D eigenvalue weighted by molar-refractivity contribution is 7.80. The summed E-state index contributed by atoms with van der Waals surface area (Å²) in [7, 11) is 1.96. The Labute approximate surface area is 123 Å². The molecule has 0 bridgehead atoms. The fraction of sp³-hybridized carbons (Fsp3) is 0.143. The number of nitrogens with two attached hydrogens (primary N) is 1. The molecule has 2 N–H and O–H groups in total. The maximum absolute atomic E-state index is 6.16. The molecule has 0 aliphatic rings. The zero-order chi connectivity index (χ0) is 13.8. The van der Waals surface area contributed by atoms with Crippen molar-refractivity contribution in [1.29, 1.82) is 0 Å². The second kappa shape index (κ2) is 5.99. The van der Waals surface area contributed by atoms with E-state index in [1.165, 1.54) is 0 Å². The fourth-order valence-electron chi connectivity index (χ4n) is 1.89. The Hall–Kier alpha value is -1.65. The number of aromatic nitrogens is 1. The lowest BCUT2D eigenvalue weighted by atomic mass is 10.1. The van der Waals surface area contributed by atoms with Gasteiger partial charge < -0.3 is 10.6 Å². The van der Waals surface area contributed by atoms with Gasteiger partial charge in [-0.15, -0.1) is 0 Å². The molecule has 0 saturated carbocycles. The molecule has 19 heavy (non-hydrogen) atoms. The molecular formula is C14H14ClN3S. The highest BCUT2D eigenvalue weighted by Gasteiger charge is 2.13. The minimum Gasteiger partial charge on any atom is -0.389 e. The van der Waals surface area contributed by atoms with Crippen molar-refractivity contribution in [2.45, 2.75) is 6.54 Å². The van der Waals surface area contributed by atoms with Gasteiger partial charge in [-0.05, 0) is 24.3 Å². The van der Waals surface area contributed by atoms with Crippen LogP contribution in [0.1, 0.15) is 11.3 Å². The van der Waals surface area contributed by atoms with Gasteiger partial charge in [-0.3, -0.25) is 4.98 Å².